The van der Waals surface area contributed by atoms with E-state index in [9.17, 15) is 4.79 Å². The Morgan fingerprint density at radius 3 is 2.64 bits per heavy atom. The molecule has 0 bridgehead atoms. The summed E-state index contributed by atoms with van der Waals surface area (Å²) in [6, 6.07) is 5.25. The van der Waals surface area contributed by atoms with Crippen molar-refractivity contribution in [1.29, 1.82) is 0 Å². The molecule has 2 aromatic rings. The van der Waals surface area contributed by atoms with E-state index in [4.69, 9.17) is 14.0 Å². The molecule has 6 heteroatoms. The lowest BCUT2D eigenvalue weighted by Crippen LogP contribution is -2.13. The average molecular weight is 304 g/mol. The summed E-state index contributed by atoms with van der Waals surface area (Å²) < 4.78 is 15.5. The first kappa shape index (κ1) is 15.9. The zero-order valence-corrected chi connectivity index (χ0v) is 13.2. The van der Waals surface area contributed by atoms with Gasteiger partial charge in [0.2, 0.25) is 5.91 Å². The summed E-state index contributed by atoms with van der Waals surface area (Å²) in [4.78, 5) is 12.1. The van der Waals surface area contributed by atoms with Gasteiger partial charge in [0.25, 0.3) is 0 Å². The highest BCUT2D eigenvalue weighted by atomic mass is 16.5. The normalized spacial score (nSPS) is 10.4. The van der Waals surface area contributed by atoms with Crippen molar-refractivity contribution >= 4 is 11.6 Å². The van der Waals surface area contributed by atoms with E-state index in [0.717, 1.165) is 17.0 Å². The van der Waals surface area contributed by atoms with E-state index in [2.05, 4.69) is 10.5 Å². The lowest BCUT2D eigenvalue weighted by molar-refractivity contribution is -0.116. The van der Waals surface area contributed by atoms with Crippen molar-refractivity contribution in [2.24, 2.45) is 0 Å². The van der Waals surface area contributed by atoms with Crippen molar-refractivity contribution in [3.63, 3.8) is 0 Å². The molecule has 6 nitrogen and oxygen atoms in total. The van der Waals surface area contributed by atoms with Crippen molar-refractivity contribution in [3.8, 4) is 11.5 Å². The third-order valence-electron chi connectivity index (χ3n) is 3.47. The van der Waals surface area contributed by atoms with Crippen LogP contribution >= 0.6 is 0 Å². The number of aromatic nitrogens is 1. The van der Waals surface area contributed by atoms with Crippen molar-refractivity contribution in [3.05, 3.63) is 35.2 Å². The van der Waals surface area contributed by atoms with E-state index in [1.165, 1.54) is 0 Å². The summed E-state index contributed by atoms with van der Waals surface area (Å²) in [5.74, 6) is 1.89. The third kappa shape index (κ3) is 3.58. The molecular formula is C16H20N2O4. The van der Waals surface area contributed by atoms with E-state index in [-0.39, 0.29) is 5.91 Å². The van der Waals surface area contributed by atoms with Crippen LogP contribution in [0.3, 0.4) is 0 Å². The highest BCUT2D eigenvalue weighted by Gasteiger charge is 2.13. The van der Waals surface area contributed by atoms with E-state index >= 15 is 0 Å². The third-order valence-corrected chi connectivity index (χ3v) is 3.47. The summed E-state index contributed by atoms with van der Waals surface area (Å²) >= 11 is 0. The number of aryl methyl sites for hydroxylation is 2. The molecule has 1 aromatic heterocycles. The largest absolute Gasteiger partial charge is 0.497 e. The summed E-state index contributed by atoms with van der Waals surface area (Å²) in [5, 5.41) is 6.73. The Bertz CT molecular complexity index is 645. The average Bonchev–Trinajstić information content (AvgIpc) is 2.84. The lowest BCUT2D eigenvalue weighted by Gasteiger charge is -2.11. The summed E-state index contributed by atoms with van der Waals surface area (Å²) in [7, 11) is 3.13. The number of nitrogens with zero attached hydrogens (tertiary/aromatic N) is 1. The quantitative estimate of drug-likeness (QED) is 0.888. The van der Waals surface area contributed by atoms with Crippen molar-refractivity contribution < 1.29 is 18.8 Å². The van der Waals surface area contributed by atoms with Gasteiger partial charge in [-0.05, 0) is 32.4 Å². The summed E-state index contributed by atoms with van der Waals surface area (Å²) in [6.07, 6.45) is 0.934. The molecule has 0 saturated carbocycles. The summed E-state index contributed by atoms with van der Waals surface area (Å²) in [5.41, 5.74) is 2.43. The fourth-order valence-corrected chi connectivity index (χ4v) is 2.21. The second kappa shape index (κ2) is 6.98. The Morgan fingerprint density at radius 2 is 2.05 bits per heavy atom. The molecule has 1 amide bonds. The molecule has 1 N–H and O–H groups in total. The first-order valence-corrected chi connectivity index (χ1v) is 6.98. The fraction of sp³-hybridized carbons (Fsp3) is 0.375. The van der Waals surface area contributed by atoms with E-state index in [0.29, 0.717) is 30.0 Å². The van der Waals surface area contributed by atoms with Gasteiger partial charge in [-0.3, -0.25) is 4.79 Å². The van der Waals surface area contributed by atoms with Crippen LogP contribution in [0.4, 0.5) is 5.69 Å². The van der Waals surface area contributed by atoms with Crippen LogP contribution in [0.2, 0.25) is 0 Å². The minimum atomic E-state index is -0.0940. The minimum absolute atomic E-state index is 0.0940. The van der Waals surface area contributed by atoms with Gasteiger partial charge in [-0.1, -0.05) is 5.16 Å². The molecule has 1 aromatic carbocycles. The van der Waals surface area contributed by atoms with E-state index in [1.54, 1.807) is 32.4 Å². The number of anilines is 1. The molecule has 0 aliphatic carbocycles. The highest BCUT2D eigenvalue weighted by Crippen LogP contribution is 2.29. The molecular weight excluding hydrogens is 284 g/mol. The van der Waals surface area contributed by atoms with Gasteiger partial charge in [0.05, 0.1) is 25.6 Å². The van der Waals surface area contributed by atoms with Crippen LogP contribution in [0.15, 0.2) is 22.7 Å². The second-order valence-corrected chi connectivity index (χ2v) is 4.92. The predicted molar refractivity (Wildman–Crippen MR) is 82.5 cm³/mol. The van der Waals surface area contributed by atoms with Crippen molar-refractivity contribution in [1.82, 2.24) is 5.16 Å². The smallest absolute Gasteiger partial charge is 0.224 e. The standard InChI is InChI=1S/C16H20N2O4/c1-10-13(11(2)22-18-10)6-8-16(19)17-14-7-5-12(20-3)9-15(14)21-4/h5,7,9H,6,8H2,1-4H3,(H,17,19). The number of amides is 1. The number of carbonyl (C=O) groups excluding carboxylic acids is 1. The van der Waals surface area contributed by atoms with Crippen LogP contribution in [0.1, 0.15) is 23.4 Å². The molecule has 0 spiro atoms. The van der Waals surface area contributed by atoms with Crippen LogP contribution in [-0.2, 0) is 11.2 Å². The minimum Gasteiger partial charge on any atom is -0.497 e. The van der Waals surface area contributed by atoms with Gasteiger partial charge in [-0.25, -0.2) is 0 Å². The number of benzene rings is 1. The van der Waals surface area contributed by atoms with Gasteiger partial charge in [-0.15, -0.1) is 0 Å². The molecule has 0 atom stereocenters. The second-order valence-electron chi connectivity index (χ2n) is 4.92. The van der Waals surface area contributed by atoms with Crippen LogP contribution in [0.5, 0.6) is 11.5 Å². The maximum Gasteiger partial charge on any atom is 0.224 e. The van der Waals surface area contributed by atoms with Crippen LogP contribution in [0.25, 0.3) is 0 Å². The molecule has 0 saturated heterocycles. The number of methoxy groups -OCH3 is 2. The number of ether oxygens (including phenoxy) is 2. The fourth-order valence-electron chi connectivity index (χ4n) is 2.21. The van der Waals surface area contributed by atoms with Gasteiger partial charge in [0, 0.05) is 18.1 Å². The monoisotopic (exact) mass is 304 g/mol. The topological polar surface area (TPSA) is 73.6 Å². The van der Waals surface area contributed by atoms with Crippen molar-refractivity contribution in [2.75, 3.05) is 19.5 Å². The van der Waals surface area contributed by atoms with Gasteiger partial charge in [0.1, 0.15) is 17.3 Å². The molecule has 118 valence electrons. The molecule has 0 radical (unpaired) electrons. The number of hydrogen-bond acceptors (Lipinski definition) is 5. The zero-order valence-electron chi connectivity index (χ0n) is 13.2. The van der Waals surface area contributed by atoms with Gasteiger partial charge in [0.15, 0.2) is 0 Å². The van der Waals surface area contributed by atoms with Gasteiger partial charge < -0.3 is 19.3 Å². The molecule has 0 aliphatic rings. The molecule has 2 rings (SSSR count). The molecule has 0 aliphatic heterocycles. The first-order chi connectivity index (χ1) is 10.5. The molecule has 22 heavy (non-hydrogen) atoms. The Labute approximate surface area is 129 Å². The zero-order chi connectivity index (χ0) is 16.1. The van der Waals surface area contributed by atoms with Crippen LogP contribution in [-0.4, -0.2) is 25.3 Å². The van der Waals surface area contributed by atoms with Gasteiger partial charge >= 0.3 is 0 Å². The highest BCUT2D eigenvalue weighted by molar-refractivity contribution is 5.92. The Kier molecular flexibility index (Phi) is 5.04. The van der Waals surface area contributed by atoms with E-state index in [1.807, 2.05) is 13.8 Å². The summed E-state index contributed by atoms with van der Waals surface area (Å²) in [6.45, 7) is 3.72. The van der Waals surface area contributed by atoms with Crippen LogP contribution in [0, 0.1) is 13.8 Å². The molecule has 0 fully saturated rings. The van der Waals surface area contributed by atoms with E-state index < -0.39 is 0 Å². The molecule has 0 unspecified atom stereocenters. The SMILES string of the molecule is COc1ccc(NC(=O)CCc2c(C)noc2C)c(OC)c1. The van der Waals surface area contributed by atoms with Gasteiger partial charge in [-0.2, -0.15) is 0 Å². The van der Waals surface area contributed by atoms with Crippen LogP contribution < -0.4 is 14.8 Å². The number of nitrogens with one attached hydrogen (secondary N) is 1. The Balaban J connectivity index is 2.00. The number of rotatable bonds is 6. The first-order valence-electron chi connectivity index (χ1n) is 6.98. The lowest BCUT2D eigenvalue weighted by atomic mass is 10.1. The Morgan fingerprint density at radius 1 is 1.27 bits per heavy atom. The number of carbonyl (C=O) groups is 1. The number of hydrogen-bond donors (Lipinski definition) is 1. The maximum atomic E-state index is 12.1. The Hall–Kier alpha value is -2.50. The predicted octanol–water partition coefficient (Wildman–Crippen LogP) is 2.88. The van der Waals surface area contributed by atoms with Crippen molar-refractivity contribution in [2.45, 2.75) is 26.7 Å². The maximum absolute atomic E-state index is 12.1. The molecule has 1 heterocycles.